The van der Waals surface area contributed by atoms with Crippen LogP contribution < -0.4 is 10.1 Å². The number of anilines is 1. The van der Waals surface area contributed by atoms with Crippen LogP contribution in [0.4, 0.5) is 10.5 Å². The number of ether oxygens (including phenoxy) is 1. The van der Waals surface area contributed by atoms with Gasteiger partial charge in [0.2, 0.25) is 0 Å². The standard InChI is InChI=1S/C30H31N3O2S/c1-3-35-23-12-7-10-21(18-23)28-26-14-8-16-32(26)29-25(24-13-4-5-15-27(24)36-29)19-33(28)30(34)31-22-11-6-9-20(2)17-22/h6-12,14,16-18,28H,3-5,13,15,19H2,1-2H3,(H,31,34). The van der Waals surface area contributed by atoms with Crippen LogP contribution in [0.15, 0.2) is 66.9 Å². The van der Waals surface area contributed by atoms with Crippen LogP contribution in [0.25, 0.3) is 5.00 Å². The van der Waals surface area contributed by atoms with Gasteiger partial charge in [0.1, 0.15) is 10.8 Å². The van der Waals surface area contributed by atoms with E-state index in [-0.39, 0.29) is 12.1 Å². The predicted molar refractivity (Wildman–Crippen MR) is 145 cm³/mol. The smallest absolute Gasteiger partial charge is 0.322 e. The van der Waals surface area contributed by atoms with Crippen molar-refractivity contribution in [1.29, 1.82) is 0 Å². The number of hydrogen-bond donors (Lipinski definition) is 1. The van der Waals surface area contributed by atoms with Crippen molar-refractivity contribution in [2.75, 3.05) is 11.9 Å². The van der Waals surface area contributed by atoms with E-state index in [9.17, 15) is 4.79 Å². The van der Waals surface area contributed by atoms with E-state index in [1.165, 1.54) is 33.8 Å². The first-order chi connectivity index (χ1) is 17.6. The topological polar surface area (TPSA) is 46.5 Å². The Hall–Kier alpha value is -3.51. The lowest BCUT2D eigenvalue weighted by Crippen LogP contribution is -2.38. The summed E-state index contributed by atoms with van der Waals surface area (Å²) in [4.78, 5) is 17.5. The molecule has 36 heavy (non-hydrogen) atoms. The highest BCUT2D eigenvalue weighted by atomic mass is 32.1. The van der Waals surface area contributed by atoms with Crippen LogP contribution in [0.3, 0.4) is 0 Å². The maximum absolute atomic E-state index is 14.0. The summed E-state index contributed by atoms with van der Waals surface area (Å²) in [7, 11) is 0. The minimum atomic E-state index is -0.246. The molecule has 1 aliphatic heterocycles. The van der Waals surface area contributed by atoms with Gasteiger partial charge in [-0.2, -0.15) is 0 Å². The third-order valence-corrected chi connectivity index (χ3v) is 8.53. The molecule has 0 saturated carbocycles. The van der Waals surface area contributed by atoms with Gasteiger partial charge < -0.3 is 19.5 Å². The molecule has 1 aliphatic carbocycles. The molecule has 1 unspecified atom stereocenters. The van der Waals surface area contributed by atoms with Gasteiger partial charge in [0, 0.05) is 22.3 Å². The molecule has 0 spiro atoms. The Morgan fingerprint density at radius 2 is 1.92 bits per heavy atom. The molecule has 0 bridgehead atoms. The van der Waals surface area contributed by atoms with Gasteiger partial charge in [0.25, 0.3) is 0 Å². The summed E-state index contributed by atoms with van der Waals surface area (Å²) in [6.45, 7) is 5.21. The lowest BCUT2D eigenvalue weighted by Gasteiger charge is -2.31. The van der Waals surface area contributed by atoms with Crippen molar-refractivity contribution in [3.63, 3.8) is 0 Å². The summed E-state index contributed by atoms with van der Waals surface area (Å²) < 4.78 is 8.16. The van der Waals surface area contributed by atoms with Crippen LogP contribution in [0.2, 0.25) is 0 Å². The second-order valence-corrected chi connectivity index (χ2v) is 10.7. The van der Waals surface area contributed by atoms with Gasteiger partial charge in [-0.15, -0.1) is 11.3 Å². The van der Waals surface area contributed by atoms with E-state index < -0.39 is 0 Å². The summed E-state index contributed by atoms with van der Waals surface area (Å²) in [5.74, 6) is 0.823. The molecule has 0 fully saturated rings. The van der Waals surface area contributed by atoms with Crippen LogP contribution in [-0.2, 0) is 19.4 Å². The fourth-order valence-corrected chi connectivity index (χ4v) is 7.00. The van der Waals surface area contributed by atoms with Gasteiger partial charge >= 0.3 is 6.03 Å². The molecule has 2 amide bonds. The minimum Gasteiger partial charge on any atom is -0.494 e. The van der Waals surface area contributed by atoms with Gasteiger partial charge in [0.05, 0.1) is 24.9 Å². The maximum atomic E-state index is 14.0. The maximum Gasteiger partial charge on any atom is 0.322 e. The third kappa shape index (κ3) is 4.09. The second-order valence-electron chi connectivity index (χ2n) is 9.63. The summed E-state index contributed by atoms with van der Waals surface area (Å²) in [5.41, 5.74) is 6.83. The number of benzene rings is 2. The Morgan fingerprint density at radius 3 is 2.78 bits per heavy atom. The van der Waals surface area contributed by atoms with Crippen LogP contribution in [0, 0.1) is 6.92 Å². The molecule has 5 nitrogen and oxygen atoms in total. The predicted octanol–water partition coefficient (Wildman–Crippen LogP) is 7.26. The molecule has 0 saturated heterocycles. The number of carbonyl (C=O) groups is 1. The molecule has 6 heteroatoms. The normalized spacial score (nSPS) is 16.5. The van der Waals surface area contributed by atoms with Crippen molar-refractivity contribution in [2.45, 2.75) is 52.1 Å². The lowest BCUT2D eigenvalue weighted by atomic mass is 9.95. The number of amides is 2. The van der Waals surface area contributed by atoms with E-state index in [1.54, 1.807) is 0 Å². The molecule has 4 aromatic rings. The number of rotatable bonds is 4. The number of thiophene rings is 1. The number of aromatic nitrogens is 1. The largest absolute Gasteiger partial charge is 0.494 e. The van der Waals surface area contributed by atoms with Crippen LogP contribution in [-0.4, -0.2) is 22.1 Å². The SMILES string of the molecule is CCOc1cccc(C2c3cccn3-c3sc4c(c3CN2C(=O)Nc2cccc(C)c2)CCCC4)c1. The fraction of sp³-hybridized carbons (Fsp3) is 0.300. The number of hydrogen-bond acceptors (Lipinski definition) is 3. The number of nitrogens with one attached hydrogen (secondary N) is 1. The van der Waals surface area contributed by atoms with Crippen molar-refractivity contribution in [3.05, 3.63) is 99.7 Å². The average Bonchev–Trinajstić information content (AvgIpc) is 3.46. The first-order valence-electron chi connectivity index (χ1n) is 12.8. The molecule has 1 atom stereocenters. The Kier molecular flexibility index (Phi) is 6.05. The zero-order chi connectivity index (χ0) is 24.6. The van der Waals surface area contributed by atoms with Crippen molar-refractivity contribution in [3.8, 4) is 10.8 Å². The zero-order valence-electron chi connectivity index (χ0n) is 20.8. The first kappa shape index (κ1) is 22.9. The quantitative estimate of drug-likeness (QED) is 0.322. The van der Waals surface area contributed by atoms with E-state index >= 15 is 0 Å². The highest BCUT2D eigenvalue weighted by Crippen LogP contribution is 2.44. The number of urea groups is 1. The van der Waals surface area contributed by atoms with Crippen molar-refractivity contribution in [1.82, 2.24) is 9.47 Å². The van der Waals surface area contributed by atoms with E-state index in [1.807, 2.05) is 66.5 Å². The first-order valence-corrected chi connectivity index (χ1v) is 13.6. The molecule has 6 rings (SSSR count). The van der Waals surface area contributed by atoms with Crippen LogP contribution in [0.5, 0.6) is 5.75 Å². The zero-order valence-corrected chi connectivity index (χ0v) is 21.6. The number of aryl methyl sites for hydroxylation is 2. The number of fused-ring (bicyclic) bond motifs is 5. The van der Waals surface area contributed by atoms with Gasteiger partial charge in [-0.3, -0.25) is 0 Å². The molecule has 1 N–H and O–H groups in total. The summed E-state index contributed by atoms with van der Waals surface area (Å²) in [5, 5.41) is 4.46. The van der Waals surface area contributed by atoms with Crippen molar-refractivity contribution >= 4 is 23.1 Å². The van der Waals surface area contributed by atoms with Crippen LogP contribution >= 0.6 is 11.3 Å². The van der Waals surface area contributed by atoms with E-state index in [4.69, 9.17) is 4.74 Å². The molecular weight excluding hydrogens is 466 g/mol. The summed E-state index contributed by atoms with van der Waals surface area (Å²) >= 11 is 1.91. The number of carbonyl (C=O) groups excluding carboxylic acids is 1. The highest BCUT2D eigenvalue weighted by Gasteiger charge is 2.36. The van der Waals surface area contributed by atoms with E-state index in [2.05, 4.69) is 40.3 Å². The summed E-state index contributed by atoms with van der Waals surface area (Å²) in [6, 6.07) is 20.1. The third-order valence-electron chi connectivity index (χ3n) is 7.19. The van der Waals surface area contributed by atoms with Gasteiger partial charge in [0.15, 0.2) is 0 Å². The van der Waals surface area contributed by atoms with E-state index in [0.29, 0.717) is 13.2 Å². The van der Waals surface area contributed by atoms with Crippen molar-refractivity contribution in [2.24, 2.45) is 0 Å². The second kappa shape index (κ2) is 9.51. The van der Waals surface area contributed by atoms with Gasteiger partial charge in [-0.1, -0.05) is 24.3 Å². The number of nitrogens with zero attached hydrogens (tertiary/aromatic N) is 2. The van der Waals surface area contributed by atoms with Crippen LogP contribution in [0.1, 0.15) is 58.6 Å². The Bertz CT molecular complexity index is 1420. The highest BCUT2D eigenvalue weighted by molar-refractivity contribution is 7.15. The van der Waals surface area contributed by atoms with Crippen molar-refractivity contribution < 1.29 is 9.53 Å². The van der Waals surface area contributed by atoms with Gasteiger partial charge in [-0.25, -0.2) is 4.79 Å². The summed E-state index contributed by atoms with van der Waals surface area (Å²) in [6.07, 6.45) is 6.84. The average molecular weight is 498 g/mol. The molecular formula is C30H31N3O2S. The molecule has 184 valence electrons. The molecule has 0 radical (unpaired) electrons. The monoisotopic (exact) mass is 497 g/mol. The fourth-order valence-electron chi connectivity index (χ4n) is 5.60. The molecule has 2 aromatic heterocycles. The molecule has 3 heterocycles. The molecule has 2 aliphatic rings. The Balaban J connectivity index is 1.49. The lowest BCUT2D eigenvalue weighted by molar-refractivity contribution is 0.194. The van der Waals surface area contributed by atoms with Gasteiger partial charge in [-0.05, 0) is 92.6 Å². The van der Waals surface area contributed by atoms with E-state index in [0.717, 1.165) is 41.1 Å². The Morgan fingerprint density at radius 1 is 1.06 bits per heavy atom. The Labute approximate surface area is 216 Å². The minimum absolute atomic E-state index is 0.0937. The molecule has 2 aromatic carbocycles.